The van der Waals surface area contributed by atoms with Gasteiger partial charge in [0.15, 0.2) is 17.5 Å². The van der Waals surface area contributed by atoms with Gasteiger partial charge in [0.2, 0.25) is 0 Å². The number of para-hydroxylation sites is 2. The minimum Gasteiger partial charge on any atom is -0.307 e. The van der Waals surface area contributed by atoms with Gasteiger partial charge in [0.1, 0.15) is 0 Å². The third-order valence-corrected chi connectivity index (χ3v) is 11.1. The minimum atomic E-state index is 0.643. The molecule has 3 aromatic heterocycles. The first-order valence-corrected chi connectivity index (χ1v) is 19.8. The number of rotatable bonds is 7. The summed E-state index contributed by atoms with van der Waals surface area (Å²) in [5.74, 6) is 1.95. The Labute approximate surface area is 341 Å². The predicted molar refractivity (Wildman–Crippen MR) is 242 cm³/mol. The van der Waals surface area contributed by atoms with Crippen LogP contribution in [0.4, 0.5) is 0 Å². The van der Waals surface area contributed by atoms with Gasteiger partial charge >= 0.3 is 0 Å². The molecule has 0 N–H and O–H groups in total. The van der Waals surface area contributed by atoms with Crippen LogP contribution < -0.4 is 0 Å². The van der Waals surface area contributed by atoms with Crippen LogP contribution in [0, 0.1) is 0 Å². The quantitative estimate of drug-likeness (QED) is 0.163. The van der Waals surface area contributed by atoms with Crippen LogP contribution in [0.25, 0.3) is 106 Å². The van der Waals surface area contributed by atoms with Crippen molar-refractivity contribution in [2.24, 2.45) is 0 Å². The summed E-state index contributed by atoms with van der Waals surface area (Å²) in [6.45, 7) is 0. The molecule has 0 bridgehead atoms. The van der Waals surface area contributed by atoms with E-state index in [1.165, 1.54) is 10.8 Å². The average Bonchev–Trinajstić information content (AvgIpc) is 3.68. The van der Waals surface area contributed by atoms with Crippen LogP contribution in [0.3, 0.4) is 0 Å². The Morgan fingerprint density at radius 3 is 1.20 bits per heavy atom. The van der Waals surface area contributed by atoms with E-state index < -0.39 is 0 Å². The monoisotopic (exact) mass is 753 g/mol. The van der Waals surface area contributed by atoms with Gasteiger partial charge in [0, 0.05) is 44.1 Å². The fourth-order valence-electron chi connectivity index (χ4n) is 8.17. The zero-order chi connectivity index (χ0) is 39.1. The molecule has 0 saturated heterocycles. The Hall–Kier alpha value is -8.02. The third kappa shape index (κ3) is 6.22. The fourth-order valence-corrected chi connectivity index (χ4v) is 8.17. The first-order valence-electron chi connectivity index (χ1n) is 19.8. The topological polar surface area (TPSA) is 56.5 Å². The fraction of sp³-hybridized carbons (Fsp3) is 0. The lowest BCUT2D eigenvalue weighted by Crippen LogP contribution is -2.00. The van der Waals surface area contributed by atoms with Crippen LogP contribution in [-0.4, -0.2) is 24.5 Å². The van der Waals surface area contributed by atoms with E-state index in [1.807, 2.05) is 60.7 Å². The lowest BCUT2D eigenvalue weighted by Gasteiger charge is -2.13. The van der Waals surface area contributed by atoms with E-state index >= 15 is 0 Å². The summed E-state index contributed by atoms with van der Waals surface area (Å²) >= 11 is 0. The second-order valence-electron chi connectivity index (χ2n) is 14.7. The standard InChI is InChI=1S/C54H35N5/c1-4-14-40(15-5-1)50-51-49(45-20-10-12-22-47(45)55-50)46-21-11-13-23-48(46)59(51)44-34-32-39(33-35-44)37-26-24-36(25-27-37)38-28-30-43(31-29-38)54-57-52(41-16-6-2-7-17-41)56-53(58-54)42-18-8-3-9-19-42/h1-35H. The molecule has 0 aliphatic carbocycles. The molecule has 0 aliphatic heterocycles. The third-order valence-electron chi connectivity index (χ3n) is 11.1. The van der Waals surface area contributed by atoms with Crippen molar-refractivity contribution in [2.45, 2.75) is 0 Å². The van der Waals surface area contributed by atoms with Crippen LogP contribution in [0.1, 0.15) is 0 Å². The van der Waals surface area contributed by atoms with Gasteiger partial charge in [-0.25, -0.2) is 19.9 Å². The van der Waals surface area contributed by atoms with Crippen molar-refractivity contribution in [3.63, 3.8) is 0 Å². The molecule has 3 heterocycles. The molecule has 0 aliphatic rings. The van der Waals surface area contributed by atoms with E-state index in [0.717, 1.165) is 77.8 Å². The Bertz CT molecular complexity index is 3210. The molecular weight excluding hydrogens is 719 g/mol. The summed E-state index contributed by atoms with van der Waals surface area (Å²) < 4.78 is 2.38. The molecule has 8 aromatic carbocycles. The molecule has 0 unspecified atom stereocenters. The number of pyridine rings is 1. The molecule has 276 valence electrons. The summed E-state index contributed by atoms with van der Waals surface area (Å²) in [6.07, 6.45) is 0. The van der Waals surface area contributed by atoms with E-state index in [1.54, 1.807) is 0 Å². The normalized spacial score (nSPS) is 11.4. The van der Waals surface area contributed by atoms with Crippen LogP contribution >= 0.6 is 0 Å². The molecule has 0 saturated carbocycles. The molecule has 5 heteroatoms. The molecule has 11 rings (SSSR count). The van der Waals surface area contributed by atoms with Gasteiger partial charge in [-0.15, -0.1) is 0 Å². The van der Waals surface area contributed by atoms with E-state index in [0.29, 0.717) is 17.5 Å². The number of benzene rings is 8. The molecule has 0 fully saturated rings. The van der Waals surface area contributed by atoms with Crippen molar-refractivity contribution in [3.8, 4) is 73.4 Å². The highest BCUT2D eigenvalue weighted by molar-refractivity contribution is 6.23. The summed E-state index contributed by atoms with van der Waals surface area (Å²) in [5, 5.41) is 3.59. The Morgan fingerprint density at radius 1 is 0.288 bits per heavy atom. The van der Waals surface area contributed by atoms with Gasteiger partial charge in [-0.1, -0.05) is 188 Å². The number of nitrogens with zero attached hydrogens (tertiary/aromatic N) is 5. The summed E-state index contributed by atoms with van der Waals surface area (Å²) in [5.41, 5.74) is 13.8. The Balaban J connectivity index is 0.918. The van der Waals surface area contributed by atoms with Crippen molar-refractivity contribution >= 4 is 32.7 Å². The van der Waals surface area contributed by atoms with Crippen molar-refractivity contribution in [3.05, 3.63) is 212 Å². The highest BCUT2D eigenvalue weighted by Crippen LogP contribution is 2.41. The highest BCUT2D eigenvalue weighted by Gasteiger charge is 2.20. The second-order valence-corrected chi connectivity index (χ2v) is 14.7. The molecular formula is C54H35N5. The lowest BCUT2D eigenvalue weighted by atomic mass is 9.99. The SMILES string of the molecule is c1ccc(-c2nc(-c3ccccc3)nc(-c3ccc(-c4ccc(-c5ccc(-n6c7ccccc7c7c8ccccc8nc(-c8ccccc8)c76)cc5)cc4)cc3)n2)cc1. The minimum absolute atomic E-state index is 0.643. The maximum atomic E-state index is 5.27. The van der Waals surface area contributed by atoms with Crippen LogP contribution in [-0.2, 0) is 0 Å². The summed E-state index contributed by atoms with van der Waals surface area (Å²) in [4.78, 5) is 19.9. The van der Waals surface area contributed by atoms with Gasteiger partial charge < -0.3 is 4.57 Å². The Morgan fingerprint density at radius 2 is 0.678 bits per heavy atom. The van der Waals surface area contributed by atoms with Crippen molar-refractivity contribution in [2.75, 3.05) is 0 Å². The van der Waals surface area contributed by atoms with E-state index in [-0.39, 0.29) is 0 Å². The van der Waals surface area contributed by atoms with Gasteiger partial charge in [0.05, 0.1) is 22.2 Å². The van der Waals surface area contributed by atoms with Crippen molar-refractivity contribution in [1.29, 1.82) is 0 Å². The maximum Gasteiger partial charge on any atom is 0.164 e. The van der Waals surface area contributed by atoms with Crippen molar-refractivity contribution in [1.82, 2.24) is 24.5 Å². The molecule has 5 nitrogen and oxygen atoms in total. The molecule has 59 heavy (non-hydrogen) atoms. The largest absolute Gasteiger partial charge is 0.307 e. The predicted octanol–water partition coefficient (Wildman–Crippen LogP) is 13.5. The zero-order valence-corrected chi connectivity index (χ0v) is 31.9. The lowest BCUT2D eigenvalue weighted by molar-refractivity contribution is 1.07. The van der Waals surface area contributed by atoms with Gasteiger partial charge in [-0.3, -0.25) is 0 Å². The molecule has 11 aromatic rings. The summed E-state index contributed by atoms with van der Waals surface area (Å²) in [6, 6.07) is 74.0. The summed E-state index contributed by atoms with van der Waals surface area (Å²) in [7, 11) is 0. The number of hydrogen-bond donors (Lipinski definition) is 0. The van der Waals surface area contributed by atoms with E-state index in [9.17, 15) is 0 Å². The number of aromatic nitrogens is 5. The van der Waals surface area contributed by atoms with E-state index in [4.69, 9.17) is 19.9 Å². The van der Waals surface area contributed by atoms with E-state index in [2.05, 4.69) is 156 Å². The highest BCUT2D eigenvalue weighted by atomic mass is 15.0. The molecule has 0 spiro atoms. The zero-order valence-electron chi connectivity index (χ0n) is 31.9. The van der Waals surface area contributed by atoms with Crippen LogP contribution in [0.2, 0.25) is 0 Å². The maximum absolute atomic E-state index is 5.27. The Kier molecular flexibility index (Phi) is 8.41. The number of hydrogen-bond acceptors (Lipinski definition) is 4. The molecule has 0 radical (unpaired) electrons. The average molecular weight is 754 g/mol. The number of fused-ring (bicyclic) bond motifs is 5. The first kappa shape index (κ1) is 34.2. The first-order chi connectivity index (χ1) is 29.2. The van der Waals surface area contributed by atoms with Gasteiger partial charge in [-0.05, 0) is 46.5 Å². The molecule has 0 amide bonds. The van der Waals surface area contributed by atoms with Crippen LogP contribution in [0.5, 0.6) is 0 Å². The van der Waals surface area contributed by atoms with Gasteiger partial charge in [0.25, 0.3) is 0 Å². The molecule has 0 atom stereocenters. The van der Waals surface area contributed by atoms with Crippen molar-refractivity contribution < 1.29 is 0 Å². The van der Waals surface area contributed by atoms with Crippen LogP contribution in [0.15, 0.2) is 212 Å². The van der Waals surface area contributed by atoms with Gasteiger partial charge in [-0.2, -0.15) is 0 Å². The second kappa shape index (κ2) is 14.5. The smallest absolute Gasteiger partial charge is 0.164 e.